The minimum absolute atomic E-state index is 0.0974. The van der Waals surface area contributed by atoms with Crippen molar-refractivity contribution in [1.29, 1.82) is 0 Å². The van der Waals surface area contributed by atoms with Gasteiger partial charge in [-0.3, -0.25) is 4.99 Å². The first kappa shape index (κ1) is 24.2. The molecular formula is C25H26F3N7. The summed E-state index contributed by atoms with van der Waals surface area (Å²) in [4.78, 5) is 20.1. The zero-order valence-electron chi connectivity index (χ0n) is 20.0. The molecule has 3 aromatic heterocycles. The van der Waals surface area contributed by atoms with Crippen molar-refractivity contribution >= 4 is 40.2 Å². The second-order valence-electron chi connectivity index (χ2n) is 8.55. The van der Waals surface area contributed by atoms with Crippen LogP contribution in [0.3, 0.4) is 0 Å². The van der Waals surface area contributed by atoms with E-state index in [1.807, 2.05) is 25.3 Å². The summed E-state index contributed by atoms with van der Waals surface area (Å²) in [5.74, 6) is -0.998. The number of halogens is 3. The number of imidazole rings is 1. The molecule has 0 bridgehead atoms. The lowest BCUT2D eigenvalue weighted by molar-refractivity contribution is 0.591. The van der Waals surface area contributed by atoms with Gasteiger partial charge in [0.25, 0.3) is 0 Å². The number of hydrogen-bond acceptors (Lipinski definition) is 5. The summed E-state index contributed by atoms with van der Waals surface area (Å²) in [5.41, 5.74) is 3.55. The van der Waals surface area contributed by atoms with Crippen LogP contribution in [0.15, 0.2) is 41.6 Å². The fourth-order valence-corrected chi connectivity index (χ4v) is 4.02. The van der Waals surface area contributed by atoms with Crippen molar-refractivity contribution in [1.82, 2.24) is 24.5 Å². The number of hydrogen-bond donors (Lipinski definition) is 2. The molecule has 4 aromatic rings. The molecule has 0 aliphatic heterocycles. The zero-order valence-corrected chi connectivity index (χ0v) is 20.0. The SMILES string of the molecule is C=N/C=C(F)\C=C(/C)c1nc(NCCc2c(C)[nH]c3c(F)cc(F)cc23)c2ncn(C(C)C)c2n1. The topological polar surface area (TPSA) is 83.8 Å². The lowest BCUT2D eigenvalue weighted by Gasteiger charge is -2.11. The van der Waals surface area contributed by atoms with Crippen LogP contribution in [-0.2, 0) is 6.42 Å². The Kier molecular flexibility index (Phi) is 6.72. The van der Waals surface area contributed by atoms with E-state index in [1.165, 1.54) is 12.1 Å². The molecule has 7 nitrogen and oxygen atoms in total. The third kappa shape index (κ3) is 4.82. The lowest BCUT2D eigenvalue weighted by atomic mass is 10.1. The number of aryl methyl sites for hydroxylation is 1. The van der Waals surface area contributed by atoms with Crippen LogP contribution in [0.1, 0.15) is 43.9 Å². The first-order valence-electron chi connectivity index (χ1n) is 11.1. The third-order valence-electron chi connectivity index (χ3n) is 5.71. The first-order valence-corrected chi connectivity index (χ1v) is 11.1. The van der Waals surface area contributed by atoms with Gasteiger partial charge in [-0.15, -0.1) is 0 Å². The molecule has 0 aliphatic rings. The van der Waals surface area contributed by atoms with Crippen LogP contribution in [0.25, 0.3) is 27.6 Å². The second kappa shape index (κ2) is 9.73. The van der Waals surface area contributed by atoms with E-state index in [1.54, 1.807) is 13.3 Å². The van der Waals surface area contributed by atoms with Gasteiger partial charge in [0.2, 0.25) is 0 Å². The standard InChI is InChI=1S/C25H26F3N7/c1-13(2)35-12-31-22-24(33-23(34-25(22)35)14(3)8-17(27)11-29-5)30-7-6-18-15(4)32-21-19(18)9-16(26)10-20(21)28/h8-13,32H,5-7H2,1-4H3,(H,30,33,34)/b14-8+,17-11+. The summed E-state index contributed by atoms with van der Waals surface area (Å²) in [6.45, 7) is 11.2. The molecule has 0 atom stereocenters. The fraction of sp³-hybridized carbons (Fsp3) is 0.280. The number of nitrogens with zero attached hydrogens (tertiary/aromatic N) is 5. The molecule has 2 N–H and O–H groups in total. The summed E-state index contributed by atoms with van der Waals surface area (Å²) < 4.78 is 43.9. The Morgan fingerprint density at radius 2 is 2.06 bits per heavy atom. The smallest absolute Gasteiger partial charge is 0.166 e. The highest BCUT2D eigenvalue weighted by molar-refractivity contribution is 5.86. The van der Waals surface area contributed by atoms with E-state index in [-0.39, 0.29) is 11.6 Å². The van der Waals surface area contributed by atoms with E-state index in [9.17, 15) is 13.2 Å². The van der Waals surface area contributed by atoms with Crippen LogP contribution in [0.5, 0.6) is 0 Å². The van der Waals surface area contributed by atoms with Gasteiger partial charge < -0.3 is 14.9 Å². The predicted octanol–water partition coefficient (Wildman–Crippen LogP) is 6.04. The Morgan fingerprint density at radius 3 is 2.77 bits per heavy atom. The van der Waals surface area contributed by atoms with E-state index in [4.69, 9.17) is 0 Å². The number of aromatic nitrogens is 5. The Morgan fingerprint density at radius 1 is 1.29 bits per heavy atom. The maximum Gasteiger partial charge on any atom is 0.166 e. The Balaban J connectivity index is 1.69. The molecule has 0 aliphatic carbocycles. The summed E-state index contributed by atoms with van der Waals surface area (Å²) >= 11 is 0. The molecule has 1 aromatic carbocycles. The minimum atomic E-state index is -0.626. The predicted molar refractivity (Wildman–Crippen MR) is 133 cm³/mol. The van der Waals surface area contributed by atoms with E-state index < -0.39 is 17.5 Å². The first-order chi connectivity index (χ1) is 16.7. The van der Waals surface area contributed by atoms with Gasteiger partial charge in [-0.2, -0.15) is 0 Å². The largest absolute Gasteiger partial charge is 0.368 e. The third-order valence-corrected chi connectivity index (χ3v) is 5.71. The second-order valence-corrected chi connectivity index (χ2v) is 8.55. The molecule has 0 unspecified atom stereocenters. The van der Waals surface area contributed by atoms with E-state index in [0.717, 1.165) is 23.5 Å². The molecule has 0 radical (unpaired) electrons. The van der Waals surface area contributed by atoms with Crippen molar-refractivity contribution in [3.05, 3.63) is 65.3 Å². The molecule has 0 spiro atoms. The Labute approximate surface area is 200 Å². The molecule has 35 heavy (non-hydrogen) atoms. The summed E-state index contributed by atoms with van der Waals surface area (Å²) in [6, 6.07) is 2.29. The van der Waals surface area contributed by atoms with Crippen molar-refractivity contribution in [2.45, 2.75) is 40.2 Å². The Hall–Kier alpha value is -3.95. The fourth-order valence-electron chi connectivity index (χ4n) is 4.02. The monoisotopic (exact) mass is 481 g/mol. The normalized spacial score (nSPS) is 12.8. The maximum atomic E-state index is 14.2. The number of nitrogens with one attached hydrogen (secondary N) is 2. The van der Waals surface area contributed by atoms with E-state index in [0.29, 0.717) is 46.7 Å². The van der Waals surface area contributed by atoms with Crippen LogP contribution in [-0.4, -0.2) is 37.8 Å². The molecule has 0 fully saturated rings. The molecule has 0 amide bonds. The summed E-state index contributed by atoms with van der Waals surface area (Å²) in [5, 5.41) is 3.79. The average Bonchev–Trinajstić information content (AvgIpc) is 3.35. The van der Waals surface area contributed by atoms with Gasteiger partial charge in [0, 0.05) is 29.7 Å². The zero-order chi connectivity index (χ0) is 25.3. The summed E-state index contributed by atoms with van der Waals surface area (Å²) in [7, 11) is 0. The van der Waals surface area contributed by atoms with Crippen molar-refractivity contribution in [2.75, 3.05) is 11.9 Å². The van der Waals surface area contributed by atoms with Crippen LogP contribution >= 0.6 is 0 Å². The lowest BCUT2D eigenvalue weighted by Crippen LogP contribution is -2.10. The molecule has 3 heterocycles. The van der Waals surface area contributed by atoms with Gasteiger partial charge in [-0.25, -0.2) is 28.1 Å². The number of benzene rings is 1. The average molecular weight is 482 g/mol. The highest BCUT2D eigenvalue weighted by Gasteiger charge is 2.17. The highest BCUT2D eigenvalue weighted by Crippen LogP contribution is 2.28. The molecule has 0 saturated carbocycles. The van der Waals surface area contributed by atoms with Crippen LogP contribution < -0.4 is 5.32 Å². The van der Waals surface area contributed by atoms with E-state index >= 15 is 0 Å². The van der Waals surface area contributed by atoms with Crippen molar-refractivity contribution in [2.24, 2.45) is 4.99 Å². The minimum Gasteiger partial charge on any atom is -0.368 e. The number of H-pyrrole nitrogens is 1. The number of rotatable bonds is 8. The van der Waals surface area contributed by atoms with Gasteiger partial charge in [-0.1, -0.05) is 0 Å². The van der Waals surface area contributed by atoms with Crippen LogP contribution in [0.4, 0.5) is 19.0 Å². The van der Waals surface area contributed by atoms with Crippen molar-refractivity contribution < 1.29 is 13.2 Å². The molecule has 4 rings (SSSR count). The molecular weight excluding hydrogens is 455 g/mol. The van der Waals surface area contributed by atoms with Gasteiger partial charge in [-0.05, 0) is 64.1 Å². The molecule has 0 saturated heterocycles. The van der Waals surface area contributed by atoms with Crippen molar-refractivity contribution in [3.63, 3.8) is 0 Å². The maximum absolute atomic E-state index is 14.2. The number of fused-ring (bicyclic) bond motifs is 2. The highest BCUT2D eigenvalue weighted by atomic mass is 19.1. The van der Waals surface area contributed by atoms with Gasteiger partial charge in [0.05, 0.1) is 18.0 Å². The van der Waals surface area contributed by atoms with Crippen LogP contribution in [0.2, 0.25) is 0 Å². The quantitative estimate of drug-likeness (QED) is 0.237. The van der Waals surface area contributed by atoms with E-state index in [2.05, 4.69) is 37.0 Å². The van der Waals surface area contributed by atoms with Gasteiger partial charge >= 0.3 is 0 Å². The Bertz CT molecular complexity index is 1480. The van der Waals surface area contributed by atoms with Crippen molar-refractivity contribution in [3.8, 4) is 0 Å². The molecule has 182 valence electrons. The number of aromatic amines is 1. The number of anilines is 1. The number of allylic oxidation sites excluding steroid dienone is 3. The van der Waals surface area contributed by atoms with Crippen LogP contribution in [0, 0.1) is 18.6 Å². The summed E-state index contributed by atoms with van der Waals surface area (Å²) in [6.07, 6.45) is 4.47. The van der Waals surface area contributed by atoms with Gasteiger partial charge in [0.1, 0.15) is 23.0 Å². The number of aliphatic imine (C=N–C) groups is 1. The molecule has 10 heteroatoms. The van der Waals surface area contributed by atoms with Gasteiger partial charge in [0.15, 0.2) is 17.3 Å².